The summed E-state index contributed by atoms with van der Waals surface area (Å²) in [7, 11) is -4.14. The van der Waals surface area contributed by atoms with Crippen LogP contribution in [0.3, 0.4) is 0 Å². The smallest absolute Gasteiger partial charge is 0.416 e. The van der Waals surface area contributed by atoms with Gasteiger partial charge in [0.15, 0.2) is 4.75 Å². The first kappa shape index (κ1) is 30.0. The number of amides is 1. The Morgan fingerprint density at radius 1 is 1.16 bits per heavy atom. The Morgan fingerprint density at radius 3 is 2.32 bits per heavy atom. The third-order valence-corrected chi connectivity index (χ3v) is 9.55. The summed E-state index contributed by atoms with van der Waals surface area (Å²) in [5, 5.41) is 9.39. The molecule has 2 N–H and O–H groups in total. The zero-order chi connectivity index (χ0) is 26.7. The van der Waals surface area contributed by atoms with Crippen LogP contribution in [0.15, 0.2) is 49.1 Å². The minimum atomic E-state index is -4.44. The molecule has 3 heterocycles. The third kappa shape index (κ3) is 6.37. The monoisotopic (exact) mass is 580 g/mol. The number of aromatic nitrogens is 2. The SMILES string of the molecule is Cl.O=C(NO)C1(S(=O)(=O)N2CCC(Oc3ccc(C(F)(F)F)cc3)CC2)CCN(C[n+]2cccnc2)CC1. The predicted molar refractivity (Wildman–Crippen MR) is 131 cm³/mol. The van der Waals surface area contributed by atoms with Gasteiger partial charge in [-0.2, -0.15) is 13.2 Å². The predicted octanol–water partition coefficient (Wildman–Crippen LogP) is 1.98. The number of hydroxylamine groups is 1. The second kappa shape index (κ2) is 12.1. The fraction of sp³-hybridized carbons (Fsp3) is 0.522. The van der Waals surface area contributed by atoms with Crippen LogP contribution in [0.4, 0.5) is 13.2 Å². The molecule has 1 aromatic heterocycles. The summed E-state index contributed by atoms with van der Waals surface area (Å²) in [5.41, 5.74) is 0.779. The molecule has 0 atom stereocenters. The maximum atomic E-state index is 13.7. The number of hydrogen-bond donors (Lipinski definition) is 2. The summed E-state index contributed by atoms with van der Waals surface area (Å²) >= 11 is 0. The number of nitrogens with zero attached hydrogens (tertiary/aromatic N) is 4. The lowest BCUT2D eigenvalue weighted by Crippen LogP contribution is -2.63. The lowest BCUT2D eigenvalue weighted by Gasteiger charge is -2.42. The fourth-order valence-electron chi connectivity index (χ4n) is 4.79. The Hall–Kier alpha value is -2.52. The van der Waals surface area contributed by atoms with Crippen LogP contribution >= 0.6 is 12.4 Å². The molecule has 0 unspecified atom stereocenters. The van der Waals surface area contributed by atoms with Gasteiger partial charge in [-0.05, 0) is 49.9 Å². The van der Waals surface area contributed by atoms with Crippen molar-refractivity contribution in [3.05, 3.63) is 54.6 Å². The van der Waals surface area contributed by atoms with Crippen LogP contribution in [0.5, 0.6) is 5.75 Å². The molecule has 10 nitrogen and oxygen atoms in total. The van der Waals surface area contributed by atoms with E-state index in [9.17, 15) is 31.6 Å². The lowest BCUT2D eigenvalue weighted by atomic mass is 9.95. The number of likely N-dealkylation sites (tertiary alicyclic amines) is 1. The summed E-state index contributed by atoms with van der Waals surface area (Å²) in [6.45, 7) is 1.30. The number of benzene rings is 1. The van der Waals surface area contributed by atoms with Crippen molar-refractivity contribution in [1.82, 2.24) is 19.7 Å². The average Bonchev–Trinajstić information content (AvgIpc) is 2.89. The molecule has 0 saturated carbocycles. The van der Waals surface area contributed by atoms with Gasteiger partial charge in [-0.15, -0.1) is 12.4 Å². The Labute approximate surface area is 224 Å². The fourth-order valence-corrected chi connectivity index (χ4v) is 6.95. The van der Waals surface area contributed by atoms with Crippen LogP contribution in [-0.4, -0.2) is 70.8 Å². The molecule has 0 bridgehead atoms. The maximum Gasteiger partial charge on any atom is 0.416 e. The largest absolute Gasteiger partial charge is 0.490 e. The van der Waals surface area contributed by atoms with Crippen molar-refractivity contribution >= 4 is 28.3 Å². The van der Waals surface area contributed by atoms with Gasteiger partial charge in [0.2, 0.25) is 10.0 Å². The molecule has 4 rings (SSSR count). The first-order valence-corrected chi connectivity index (χ1v) is 13.3. The van der Waals surface area contributed by atoms with Crippen LogP contribution < -0.4 is 14.8 Å². The molecule has 0 aliphatic carbocycles. The number of alkyl halides is 3. The minimum Gasteiger partial charge on any atom is -0.490 e. The van der Waals surface area contributed by atoms with Crippen molar-refractivity contribution in [2.24, 2.45) is 0 Å². The van der Waals surface area contributed by atoms with Crippen LogP contribution in [0.25, 0.3) is 0 Å². The molecule has 2 aromatic rings. The zero-order valence-corrected chi connectivity index (χ0v) is 22.0. The Kier molecular flexibility index (Phi) is 9.57. The van der Waals surface area contributed by atoms with Crippen molar-refractivity contribution in [2.45, 2.75) is 49.4 Å². The van der Waals surface area contributed by atoms with Crippen LogP contribution in [0.2, 0.25) is 0 Å². The highest BCUT2D eigenvalue weighted by Crippen LogP contribution is 2.36. The van der Waals surface area contributed by atoms with Gasteiger partial charge in [0.25, 0.3) is 12.2 Å². The maximum absolute atomic E-state index is 13.7. The summed E-state index contributed by atoms with van der Waals surface area (Å²) < 4.78 is 72.8. The van der Waals surface area contributed by atoms with Gasteiger partial charge >= 0.3 is 6.18 Å². The van der Waals surface area contributed by atoms with Gasteiger partial charge in [0, 0.05) is 32.2 Å². The van der Waals surface area contributed by atoms with Crippen molar-refractivity contribution in [1.29, 1.82) is 0 Å². The van der Waals surface area contributed by atoms with Gasteiger partial charge in [-0.1, -0.05) is 4.98 Å². The normalized spacial score (nSPS) is 19.4. The second-order valence-corrected chi connectivity index (χ2v) is 11.5. The van der Waals surface area contributed by atoms with E-state index in [2.05, 4.69) is 4.98 Å². The number of hydrogen-bond acceptors (Lipinski definition) is 7. The van der Waals surface area contributed by atoms with Crippen molar-refractivity contribution in [3.63, 3.8) is 0 Å². The van der Waals surface area contributed by atoms with E-state index >= 15 is 0 Å². The zero-order valence-electron chi connectivity index (χ0n) is 20.4. The van der Waals surface area contributed by atoms with Gasteiger partial charge in [0.05, 0.1) is 11.8 Å². The number of nitrogens with one attached hydrogen (secondary N) is 1. The van der Waals surface area contributed by atoms with E-state index in [0.717, 1.165) is 12.1 Å². The molecular weight excluding hydrogens is 551 g/mol. The Balaban J connectivity index is 0.00000400. The first-order valence-electron chi connectivity index (χ1n) is 11.8. The van der Waals surface area contributed by atoms with E-state index in [1.165, 1.54) is 16.4 Å². The van der Waals surface area contributed by atoms with E-state index in [1.807, 2.05) is 15.7 Å². The summed E-state index contributed by atoms with van der Waals surface area (Å²) in [4.78, 5) is 18.8. The van der Waals surface area contributed by atoms with Gasteiger partial charge in [-0.25, -0.2) is 22.8 Å². The van der Waals surface area contributed by atoms with Crippen molar-refractivity contribution in [3.8, 4) is 5.75 Å². The molecule has 2 saturated heterocycles. The molecule has 38 heavy (non-hydrogen) atoms. The van der Waals surface area contributed by atoms with E-state index in [4.69, 9.17) is 4.74 Å². The van der Waals surface area contributed by atoms with Crippen LogP contribution in [0.1, 0.15) is 31.2 Å². The molecule has 0 spiro atoms. The summed E-state index contributed by atoms with van der Waals surface area (Å²) in [6, 6.07) is 6.13. The van der Waals surface area contributed by atoms with E-state index in [-0.39, 0.29) is 50.2 Å². The van der Waals surface area contributed by atoms with Gasteiger partial charge < -0.3 is 4.74 Å². The topological polar surface area (TPSA) is 116 Å². The Bertz CT molecular complexity index is 1170. The molecule has 210 valence electrons. The second-order valence-electron chi connectivity index (χ2n) is 9.21. The van der Waals surface area contributed by atoms with E-state index in [1.54, 1.807) is 24.1 Å². The molecular formula is C23H30ClF3N5O5S+. The standard InChI is InChI=1S/C23H28F3N5O5S.ClH/c24-23(25,26)18-2-4-19(5-3-18)36-20-6-12-31(13-7-20)37(34,35)22(21(32)28-33)8-14-29(15-9-22)17-30-11-1-10-27-16-30;/h1-5,10-11,16,20H,6-9,12-15,17H2,(H-,28,32,33);1H/p+1. The third-order valence-electron chi connectivity index (χ3n) is 6.93. The molecule has 1 aromatic carbocycles. The van der Waals surface area contributed by atoms with E-state index < -0.39 is 32.4 Å². The molecule has 15 heteroatoms. The average molecular weight is 581 g/mol. The first-order chi connectivity index (χ1) is 17.5. The molecule has 0 radical (unpaired) electrons. The number of carbonyl (C=O) groups is 1. The molecule has 2 aliphatic heterocycles. The number of halogens is 4. The van der Waals surface area contributed by atoms with Gasteiger partial charge in [-0.3, -0.25) is 14.9 Å². The number of rotatable bonds is 7. The summed E-state index contributed by atoms with van der Waals surface area (Å²) in [5.74, 6) is -0.686. The number of piperidine rings is 2. The Morgan fingerprint density at radius 2 is 1.79 bits per heavy atom. The minimum absolute atomic E-state index is 0. The quantitative estimate of drug-likeness (QED) is 0.292. The lowest BCUT2D eigenvalue weighted by molar-refractivity contribution is -0.718. The highest BCUT2D eigenvalue weighted by Gasteiger charge is 2.55. The molecule has 2 aliphatic rings. The van der Waals surface area contributed by atoms with Gasteiger partial charge in [0.1, 0.15) is 24.7 Å². The van der Waals surface area contributed by atoms with Crippen molar-refractivity contribution in [2.75, 3.05) is 26.2 Å². The number of sulfonamides is 1. The van der Waals surface area contributed by atoms with Crippen LogP contribution in [-0.2, 0) is 27.7 Å². The molecule has 2 fully saturated rings. The number of carbonyl (C=O) groups excluding carboxylic acids is 1. The molecule has 1 amide bonds. The highest BCUT2D eigenvalue weighted by atomic mass is 35.5. The number of ether oxygens (including phenoxy) is 1. The van der Waals surface area contributed by atoms with E-state index in [0.29, 0.717) is 32.6 Å². The highest BCUT2D eigenvalue weighted by molar-refractivity contribution is 7.91. The van der Waals surface area contributed by atoms with Crippen molar-refractivity contribution < 1.29 is 40.9 Å². The van der Waals surface area contributed by atoms with Crippen LogP contribution in [0, 0.1) is 0 Å². The summed E-state index contributed by atoms with van der Waals surface area (Å²) in [6.07, 6.45) is 0.927.